The van der Waals surface area contributed by atoms with Crippen molar-refractivity contribution in [1.29, 1.82) is 0 Å². The van der Waals surface area contributed by atoms with Crippen molar-refractivity contribution in [1.82, 2.24) is 4.98 Å². The molecule has 0 saturated heterocycles. The van der Waals surface area contributed by atoms with Crippen molar-refractivity contribution in [2.45, 2.75) is 6.54 Å². The predicted octanol–water partition coefficient (Wildman–Crippen LogP) is 5.42. The monoisotopic (exact) mass is 458 g/mol. The topological polar surface area (TPSA) is 97.5 Å². The lowest BCUT2D eigenvalue weighted by molar-refractivity contribution is 0.102. The first-order valence-electron chi connectivity index (χ1n) is 10.1. The van der Waals surface area contributed by atoms with Gasteiger partial charge in [0.05, 0.1) is 36.9 Å². The zero-order valence-corrected chi connectivity index (χ0v) is 18.7. The van der Waals surface area contributed by atoms with Crippen LogP contribution in [0.15, 0.2) is 84.5 Å². The molecule has 2 aromatic heterocycles. The van der Waals surface area contributed by atoms with Crippen molar-refractivity contribution in [3.8, 4) is 10.4 Å². The first kappa shape index (κ1) is 22.0. The molecule has 0 spiro atoms. The van der Waals surface area contributed by atoms with Gasteiger partial charge in [0.2, 0.25) is 0 Å². The van der Waals surface area contributed by atoms with Crippen LogP contribution in [0.4, 0.5) is 21.9 Å². The van der Waals surface area contributed by atoms with Crippen LogP contribution < -0.4 is 16.0 Å². The Morgan fingerprint density at radius 1 is 1.09 bits per heavy atom. The van der Waals surface area contributed by atoms with Crippen LogP contribution in [0.2, 0.25) is 0 Å². The van der Waals surface area contributed by atoms with E-state index in [2.05, 4.69) is 10.3 Å². The molecule has 2 heterocycles. The largest absolute Gasteiger partial charge is 0.452 e. The average molecular weight is 459 g/mol. The van der Waals surface area contributed by atoms with Gasteiger partial charge in [-0.2, -0.15) is 0 Å². The van der Waals surface area contributed by atoms with Crippen molar-refractivity contribution in [2.75, 3.05) is 23.1 Å². The normalized spacial score (nSPS) is 10.5. The van der Waals surface area contributed by atoms with E-state index >= 15 is 0 Å². The quantitative estimate of drug-likeness (QED) is 0.376. The predicted molar refractivity (Wildman–Crippen MR) is 131 cm³/mol. The Hall–Kier alpha value is -4.17. The maximum atomic E-state index is 12.8. The molecule has 0 saturated carbocycles. The van der Waals surface area contributed by atoms with E-state index in [0.29, 0.717) is 22.6 Å². The Morgan fingerprint density at radius 2 is 1.91 bits per heavy atom. The number of carbonyl (C=O) groups excluding carboxylic acids is 2. The van der Waals surface area contributed by atoms with E-state index in [1.807, 2.05) is 29.6 Å². The van der Waals surface area contributed by atoms with Crippen LogP contribution in [0.3, 0.4) is 0 Å². The number of benzene rings is 2. The molecule has 0 aliphatic carbocycles. The van der Waals surface area contributed by atoms with Crippen molar-refractivity contribution in [3.63, 3.8) is 0 Å². The highest BCUT2D eigenvalue weighted by molar-refractivity contribution is 7.13. The summed E-state index contributed by atoms with van der Waals surface area (Å²) in [6.45, 7) is 0.274. The van der Waals surface area contributed by atoms with Gasteiger partial charge in [0.15, 0.2) is 0 Å². The highest BCUT2D eigenvalue weighted by Gasteiger charge is 2.17. The molecule has 166 valence electrons. The van der Waals surface area contributed by atoms with Gasteiger partial charge in [0, 0.05) is 16.6 Å². The number of anilines is 3. The van der Waals surface area contributed by atoms with Crippen LogP contribution in [0.25, 0.3) is 10.4 Å². The number of hydrogen-bond donors (Lipinski definition) is 2. The lowest BCUT2D eigenvalue weighted by Crippen LogP contribution is -2.30. The van der Waals surface area contributed by atoms with E-state index < -0.39 is 6.09 Å². The standard InChI is InChI=1S/C25H22N4O3S/c1-32-25(31)29(20-4-2-12-27-15-20)16-17-6-8-18(9-7-17)24(30)28-22-14-19(10-11-21(22)26)23-5-3-13-33-23/h2-15H,16,26H2,1H3,(H,28,30). The molecule has 0 bridgehead atoms. The summed E-state index contributed by atoms with van der Waals surface area (Å²) in [6, 6.07) is 20.1. The van der Waals surface area contributed by atoms with Gasteiger partial charge in [-0.3, -0.25) is 14.7 Å². The second-order valence-corrected chi connectivity index (χ2v) is 8.15. The van der Waals surface area contributed by atoms with E-state index in [-0.39, 0.29) is 12.5 Å². The van der Waals surface area contributed by atoms with Crippen molar-refractivity contribution >= 4 is 40.4 Å². The molecule has 4 aromatic rings. The zero-order chi connectivity index (χ0) is 23.2. The van der Waals surface area contributed by atoms with E-state index in [0.717, 1.165) is 16.0 Å². The van der Waals surface area contributed by atoms with Gasteiger partial charge in [-0.15, -0.1) is 11.3 Å². The lowest BCUT2D eigenvalue weighted by atomic mass is 10.1. The third kappa shape index (κ3) is 5.19. The first-order valence-corrected chi connectivity index (χ1v) is 11.0. The Morgan fingerprint density at radius 3 is 2.58 bits per heavy atom. The third-order valence-electron chi connectivity index (χ3n) is 5.02. The van der Waals surface area contributed by atoms with Crippen LogP contribution in [0, 0.1) is 0 Å². The fourth-order valence-electron chi connectivity index (χ4n) is 3.28. The van der Waals surface area contributed by atoms with Crippen molar-refractivity contribution in [3.05, 3.63) is 95.6 Å². The van der Waals surface area contributed by atoms with Gasteiger partial charge in [-0.05, 0) is 59.0 Å². The number of nitrogens with two attached hydrogens (primary N) is 1. The number of amides is 2. The number of nitrogens with zero attached hydrogens (tertiary/aromatic N) is 2. The molecule has 0 aliphatic rings. The summed E-state index contributed by atoms with van der Waals surface area (Å²) in [6.07, 6.45) is 2.73. The van der Waals surface area contributed by atoms with Crippen LogP contribution in [0.1, 0.15) is 15.9 Å². The molecule has 33 heavy (non-hydrogen) atoms. The van der Waals surface area contributed by atoms with Gasteiger partial charge >= 0.3 is 6.09 Å². The number of nitrogen functional groups attached to an aromatic ring is 1. The number of pyridine rings is 1. The lowest BCUT2D eigenvalue weighted by Gasteiger charge is -2.21. The maximum Gasteiger partial charge on any atom is 0.414 e. The Kier molecular flexibility index (Phi) is 6.66. The van der Waals surface area contributed by atoms with Crippen molar-refractivity contribution in [2.24, 2.45) is 0 Å². The highest BCUT2D eigenvalue weighted by Crippen LogP contribution is 2.30. The van der Waals surface area contributed by atoms with Gasteiger partial charge in [-0.1, -0.05) is 24.3 Å². The van der Waals surface area contributed by atoms with Gasteiger partial charge < -0.3 is 15.8 Å². The number of hydrogen-bond acceptors (Lipinski definition) is 6. The molecule has 4 rings (SSSR count). The highest BCUT2D eigenvalue weighted by atomic mass is 32.1. The summed E-state index contributed by atoms with van der Waals surface area (Å²) in [5.74, 6) is -0.270. The average Bonchev–Trinajstić information content (AvgIpc) is 3.39. The SMILES string of the molecule is COC(=O)N(Cc1ccc(C(=O)Nc2cc(-c3cccs3)ccc2N)cc1)c1cccnc1. The number of rotatable bonds is 6. The molecular weight excluding hydrogens is 436 g/mol. The zero-order valence-electron chi connectivity index (χ0n) is 17.9. The number of ether oxygens (including phenoxy) is 1. The summed E-state index contributed by atoms with van der Waals surface area (Å²) < 4.78 is 4.90. The fourth-order valence-corrected chi connectivity index (χ4v) is 4.01. The van der Waals surface area contributed by atoms with Crippen LogP contribution in [-0.2, 0) is 11.3 Å². The molecule has 0 fully saturated rings. The van der Waals surface area contributed by atoms with Crippen molar-refractivity contribution < 1.29 is 14.3 Å². The molecule has 2 amide bonds. The molecule has 0 radical (unpaired) electrons. The summed E-state index contributed by atoms with van der Waals surface area (Å²) in [4.78, 5) is 31.7. The second-order valence-electron chi connectivity index (χ2n) is 7.20. The van der Waals surface area contributed by atoms with Crippen LogP contribution >= 0.6 is 11.3 Å². The first-order chi connectivity index (χ1) is 16.0. The summed E-state index contributed by atoms with van der Waals surface area (Å²) >= 11 is 1.62. The second kappa shape index (κ2) is 9.97. The molecule has 0 unspecified atom stereocenters. The number of methoxy groups -OCH3 is 1. The van der Waals surface area contributed by atoms with Gasteiger partial charge in [0.1, 0.15) is 0 Å². The molecule has 8 heteroatoms. The van der Waals surface area contributed by atoms with Crippen LogP contribution in [0.5, 0.6) is 0 Å². The Labute approximate surface area is 195 Å². The number of carbonyl (C=O) groups is 2. The van der Waals surface area contributed by atoms with Gasteiger partial charge in [0.25, 0.3) is 5.91 Å². The van der Waals surface area contributed by atoms with E-state index in [1.165, 1.54) is 12.0 Å². The third-order valence-corrected chi connectivity index (χ3v) is 5.94. The molecule has 0 atom stereocenters. The maximum absolute atomic E-state index is 12.8. The minimum Gasteiger partial charge on any atom is -0.452 e. The minimum absolute atomic E-state index is 0.270. The molecule has 3 N–H and O–H groups in total. The van der Waals surface area contributed by atoms with E-state index in [9.17, 15) is 9.59 Å². The molecule has 7 nitrogen and oxygen atoms in total. The minimum atomic E-state index is -0.495. The fraction of sp³-hybridized carbons (Fsp3) is 0.0800. The van der Waals surface area contributed by atoms with E-state index in [4.69, 9.17) is 10.5 Å². The summed E-state index contributed by atoms with van der Waals surface area (Å²) in [5, 5.41) is 4.89. The Bertz CT molecular complexity index is 1240. The summed E-state index contributed by atoms with van der Waals surface area (Å²) in [5.41, 5.74) is 10.0. The van der Waals surface area contributed by atoms with E-state index in [1.54, 1.807) is 66.2 Å². The number of aromatic nitrogens is 1. The van der Waals surface area contributed by atoms with Crippen LogP contribution in [-0.4, -0.2) is 24.1 Å². The summed E-state index contributed by atoms with van der Waals surface area (Å²) in [7, 11) is 1.33. The molecule has 2 aromatic carbocycles. The molecule has 0 aliphatic heterocycles. The number of thiophene rings is 1. The smallest absolute Gasteiger partial charge is 0.414 e. The van der Waals surface area contributed by atoms with Gasteiger partial charge in [-0.25, -0.2) is 4.79 Å². The molecular formula is C25H22N4O3S. The number of nitrogens with one attached hydrogen (secondary N) is 1. The Balaban J connectivity index is 1.48.